The number of carbonyl (C=O) groups is 1. The first kappa shape index (κ1) is 12.7. The second-order valence-electron chi connectivity index (χ2n) is 3.42. The van der Waals surface area contributed by atoms with Crippen molar-refractivity contribution in [1.82, 2.24) is 10.3 Å². The number of thiophene rings is 1. The predicted molar refractivity (Wildman–Crippen MR) is 72.1 cm³/mol. The zero-order valence-electron chi connectivity index (χ0n) is 9.18. The molecule has 0 spiro atoms. The van der Waals surface area contributed by atoms with Crippen molar-refractivity contribution in [2.45, 2.75) is 6.54 Å². The van der Waals surface area contributed by atoms with Gasteiger partial charge in [-0.05, 0) is 34.1 Å². The Hall–Kier alpha value is -1.71. The summed E-state index contributed by atoms with van der Waals surface area (Å²) >= 11 is 4.92. The molecule has 0 saturated heterocycles. The van der Waals surface area contributed by atoms with E-state index in [2.05, 4.69) is 26.2 Å². The van der Waals surface area contributed by atoms with Gasteiger partial charge in [-0.2, -0.15) is 5.26 Å². The molecule has 0 unspecified atom stereocenters. The van der Waals surface area contributed by atoms with Crippen LogP contribution in [0, 0.1) is 11.3 Å². The zero-order chi connectivity index (χ0) is 13.0. The summed E-state index contributed by atoms with van der Waals surface area (Å²) in [5, 5.41) is 11.7. The Balaban J connectivity index is 2.06. The third kappa shape index (κ3) is 2.94. The largest absolute Gasteiger partial charge is 0.347 e. The highest BCUT2D eigenvalue weighted by Gasteiger charge is 2.11. The van der Waals surface area contributed by atoms with Crippen LogP contribution < -0.4 is 5.32 Å². The molecule has 1 amide bonds. The molecule has 0 bridgehead atoms. The van der Waals surface area contributed by atoms with Crippen molar-refractivity contribution in [3.05, 3.63) is 50.4 Å². The molecular formula is C12H8BrN3OS. The predicted octanol–water partition coefficient (Wildman–Crippen LogP) is 2.71. The highest BCUT2D eigenvalue weighted by molar-refractivity contribution is 9.11. The van der Waals surface area contributed by atoms with Gasteiger partial charge < -0.3 is 5.32 Å². The first-order chi connectivity index (χ1) is 8.70. The van der Waals surface area contributed by atoms with E-state index in [9.17, 15) is 4.79 Å². The van der Waals surface area contributed by atoms with E-state index in [1.54, 1.807) is 11.3 Å². The summed E-state index contributed by atoms with van der Waals surface area (Å²) in [6, 6.07) is 7.36. The van der Waals surface area contributed by atoms with Crippen LogP contribution in [-0.2, 0) is 6.54 Å². The minimum Gasteiger partial charge on any atom is -0.347 e. The lowest BCUT2D eigenvalue weighted by Gasteiger charge is -2.04. The summed E-state index contributed by atoms with van der Waals surface area (Å²) in [6.07, 6.45) is 2.89. The fourth-order valence-electron chi connectivity index (χ4n) is 1.38. The molecule has 18 heavy (non-hydrogen) atoms. The van der Waals surface area contributed by atoms with Crippen molar-refractivity contribution in [3.63, 3.8) is 0 Å². The molecule has 2 aromatic heterocycles. The van der Waals surface area contributed by atoms with Crippen LogP contribution in [0.25, 0.3) is 0 Å². The molecule has 2 heterocycles. The number of nitrogens with one attached hydrogen (secondary N) is 1. The molecule has 0 atom stereocenters. The van der Waals surface area contributed by atoms with Crippen LogP contribution in [0.1, 0.15) is 20.8 Å². The SMILES string of the molecule is N#Cc1ccncc1C(=O)NCc1ccc(Br)s1. The maximum atomic E-state index is 11.9. The molecule has 1 N–H and O–H groups in total. The van der Waals surface area contributed by atoms with E-state index in [0.717, 1.165) is 8.66 Å². The van der Waals surface area contributed by atoms with Crippen LogP contribution in [-0.4, -0.2) is 10.9 Å². The van der Waals surface area contributed by atoms with Crippen molar-refractivity contribution in [2.75, 3.05) is 0 Å². The van der Waals surface area contributed by atoms with Gasteiger partial charge in [0.15, 0.2) is 0 Å². The topological polar surface area (TPSA) is 65.8 Å². The Morgan fingerprint density at radius 2 is 2.33 bits per heavy atom. The average Bonchev–Trinajstić information content (AvgIpc) is 2.81. The fourth-order valence-corrected chi connectivity index (χ4v) is 2.81. The van der Waals surface area contributed by atoms with Crippen LogP contribution in [0.15, 0.2) is 34.4 Å². The number of pyridine rings is 1. The van der Waals surface area contributed by atoms with Gasteiger partial charge in [0.2, 0.25) is 0 Å². The minimum atomic E-state index is -0.288. The molecule has 0 aliphatic rings. The Labute approximate surface area is 116 Å². The standard InChI is InChI=1S/C12H8BrN3OS/c13-11-2-1-9(18-11)6-16-12(17)10-7-15-4-3-8(10)5-14/h1-4,7H,6H2,(H,16,17). The third-order valence-corrected chi connectivity index (χ3v) is 3.86. The fraction of sp³-hybridized carbons (Fsp3) is 0.0833. The smallest absolute Gasteiger partial charge is 0.254 e. The normalized spacial score (nSPS) is 9.78. The Kier molecular flexibility index (Phi) is 4.07. The van der Waals surface area contributed by atoms with E-state index >= 15 is 0 Å². The molecule has 0 saturated carbocycles. The van der Waals surface area contributed by atoms with Gasteiger partial charge in [-0.3, -0.25) is 9.78 Å². The van der Waals surface area contributed by atoms with Gasteiger partial charge >= 0.3 is 0 Å². The number of hydrogen-bond donors (Lipinski definition) is 1. The van der Waals surface area contributed by atoms with Gasteiger partial charge in [-0.25, -0.2) is 0 Å². The van der Waals surface area contributed by atoms with Crippen molar-refractivity contribution in [1.29, 1.82) is 5.26 Å². The summed E-state index contributed by atoms with van der Waals surface area (Å²) < 4.78 is 1.02. The molecule has 2 aromatic rings. The summed E-state index contributed by atoms with van der Waals surface area (Å²) in [6.45, 7) is 0.439. The number of hydrogen-bond acceptors (Lipinski definition) is 4. The molecule has 0 fully saturated rings. The minimum absolute atomic E-state index is 0.288. The van der Waals surface area contributed by atoms with Crippen LogP contribution >= 0.6 is 27.3 Å². The number of amides is 1. The number of rotatable bonds is 3. The van der Waals surface area contributed by atoms with E-state index < -0.39 is 0 Å². The van der Waals surface area contributed by atoms with Crippen LogP contribution in [0.5, 0.6) is 0 Å². The zero-order valence-corrected chi connectivity index (χ0v) is 11.6. The van der Waals surface area contributed by atoms with E-state index in [-0.39, 0.29) is 5.91 Å². The Morgan fingerprint density at radius 1 is 1.50 bits per heavy atom. The molecule has 0 aliphatic heterocycles. The third-order valence-electron chi connectivity index (χ3n) is 2.24. The molecule has 0 aromatic carbocycles. The Morgan fingerprint density at radius 3 is 3.00 bits per heavy atom. The highest BCUT2D eigenvalue weighted by Crippen LogP contribution is 2.21. The average molecular weight is 322 g/mol. The maximum Gasteiger partial charge on any atom is 0.254 e. The monoisotopic (exact) mass is 321 g/mol. The van der Waals surface area contributed by atoms with Gasteiger partial charge in [0.25, 0.3) is 5.91 Å². The second kappa shape index (κ2) is 5.76. The molecular weight excluding hydrogens is 314 g/mol. The van der Waals surface area contributed by atoms with Gasteiger partial charge in [-0.15, -0.1) is 11.3 Å². The lowest BCUT2D eigenvalue weighted by atomic mass is 10.1. The first-order valence-electron chi connectivity index (χ1n) is 5.07. The Bertz CT molecular complexity index is 618. The van der Waals surface area contributed by atoms with Crippen LogP contribution in [0.4, 0.5) is 0 Å². The number of nitrogens with zero attached hydrogens (tertiary/aromatic N) is 2. The molecule has 6 heteroatoms. The van der Waals surface area contributed by atoms with Crippen molar-refractivity contribution >= 4 is 33.2 Å². The lowest BCUT2D eigenvalue weighted by molar-refractivity contribution is 0.0950. The van der Waals surface area contributed by atoms with Gasteiger partial charge in [0.1, 0.15) is 6.07 Å². The van der Waals surface area contributed by atoms with Gasteiger partial charge in [0, 0.05) is 17.3 Å². The van der Waals surface area contributed by atoms with Crippen molar-refractivity contribution < 1.29 is 4.79 Å². The van der Waals surface area contributed by atoms with E-state index in [4.69, 9.17) is 5.26 Å². The summed E-state index contributed by atoms with van der Waals surface area (Å²) in [4.78, 5) is 16.8. The van der Waals surface area contributed by atoms with Crippen molar-refractivity contribution in [2.24, 2.45) is 0 Å². The van der Waals surface area contributed by atoms with Gasteiger partial charge in [0.05, 0.1) is 21.5 Å². The summed E-state index contributed by atoms with van der Waals surface area (Å²) in [7, 11) is 0. The number of halogens is 1. The number of carbonyl (C=O) groups excluding carboxylic acids is 1. The van der Waals surface area contributed by atoms with E-state index in [0.29, 0.717) is 17.7 Å². The molecule has 0 aliphatic carbocycles. The number of nitriles is 1. The highest BCUT2D eigenvalue weighted by atomic mass is 79.9. The van der Waals surface area contributed by atoms with E-state index in [1.165, 1.54) is 18.5 Å². The summed E-state index contributed by atoms with van der Waals surface area (Å²) in [5.74, 6) is -0.288. The lowest BCUT2D eigenvalue weighted by Crippen LogP contribution is -2.23. The van der Waals surface area contributed by atoms with Crippen molar-refractivity contribution in [3.8, 4) is 6.07 Å². The second-order valence-corrected chi connectivity index (χ2v) is 5.97. The molecule has 2 rings (SSSR count). The molecule has 4 nitrogen and oxygen atoms in total. The first-order valence-corrected chi connectivity index (χ1v) is 6.68. The van der Waals surface area contributed by atoms with Gasteiger partial charge in [-0.1, -0.05) is 0 Å². The molecule has 0 radical (unpaired) electrons. The quantitative estimate of drug-likeness (QED) is 0.945. The van der Waals surface area contributed by atoms with Crippen LogP contribution in [0.2, 0.25) is 0 Å². The molecule has 90 valence electrons. The van der Waals surface area contributed by atoms with E-state index in [1.807, 2.05) is 18.2 Å². The maximum absolute atomic E-state index is 11.9. The number of aromatic nitrogens is 1. The summed E-state index contributed by atoms with van der Waals surface area (Å²) in [5.41, 5.74) is 0.630. The van der Waals surface area contributed by atoms with Crippen LogP contribution in [0.3, 0.4) is 0 Å².